The van der Waals surface area contributed by atoms with Crippen molar-refractivity contribution in [3.63, 3.8) is 0 Å². The number of anilines is 1. The molecule has 0 heterocycles. The van der Waals surface area contributed by atoms with Crippen molar-refractivity contribution in [1.29, 1.82) is 5.26 Å². The molecule has 23 heavy (non-hydrogen) atoms. The van der Waals surface area contributed by atoms with Gasteiger partial charge in [0, 0.05) is 18.8 Å². The lowest BCUT2D eigenvalue weighted by molar-refractivity contribution is -0.119. The predicted molar refractivity (Wildman–Crippen MR) is 91.9 cm³/mol. The second-order valence-corrected chi connectivity index (χ2v) is 5.44. The van der Waals surface area contributed by atoms with Crippen molar-refractivity contribution < 1.29 is 4.79 Å². The van der Waals surface area contributed by atoms with Crippen LogP contribution in [0.3, 0.4) is 0 Å². The van der Waals surface area contributed by atoms with E-state index in [2.05, 4.69) is 23.5 Å². The summed E-state index contributed by atoms with van der Waals surface area (Å²) >= 11 is 0. The Bertz CT molecular complexity index is 677. The zero-order chi connectivity index (χ0) is 16.5. The number of nitrogens with zero attached hydrogens (tertiary/aromatic N) is 2. The molecule has 2 rings (SSSR count). The normalized spacial score (nSPS) is 9.91. The van der Waals surface area contributed by atoms with Crippen molar-refractivity contribution >= 4 is 11.6 Å². The number of carbonyl (C=O) groups excluding carboxylic acids is 1. The van der Waals surface area contributed by atoms with Gasteiger partial charge in [0.1, 0.15) is 0 Å². The van der Waals surface area contributed by atoms with Crippen LogP contribution in [0, 0.1) is 18.3 Å². The summed E-state index contributed by atoms with van der Waals surface area (Å²) in [4.78, 5) is 14.2. The maximum absolute atomic E-state index is 12.1. The average molecular weight is 307 g/mol. The second kappa shape index (κ2) is 8.60. The van der Waals surface area contributed by atoms with Crippen LogP contribution >= 0.6 is 0 Å². The maximum atomic E-state index is 12.1. The molecule has 0 saturated heterocycles. The predicted octanol–water partition coefficient (Wildman–Crippen LogP) is 3.03. The quantitative estimate of drug-likeness (QED) is 0.800. The van der Waals surface area contributed by atoms with Crippen molar-refractivity contribution in [3.8, 4) is 6.07 Å². The second-order valence-electron chi connectivity index (χ2n) is 5.44. The van der Waals surface area contributed by atoms with Gasteiger partial charge in [-0.1, -0.05) is 42.5 Å². The fraction of sp³-hybridized carbons (Fsp3) is 0.263. The molecule has 118 valence electrons. The molecule has 0 unspecified atom stereocenters. The van der Waals surface area contributed by atoms with E-state index in [4.69, 9.17) is 5.26 Å². The van der Waals surface area contributed by atoms with E-state index in [1.807, 2.05) is 54.3 Å². The van der Waals surface area contributed by atoms with Gasteiger partial charge in [0.15, 0.2) is 0 Å². The molecule has 0 aliphatic heterocycles. The van der Waals surface area contributed by atoms with E-state index >= 15 is 0 Å². The van der Waals surface area contributed by atoms with Crippen molar-refractivity contribution in [3.05, 3.63) is 65.7 Å². The Hall–Kier alpha value is -2.80. The monoisotopic (exact) mass is 307 g/mol. The maximum Gasteiger partial charge on any atom is 0.239 e. The summed E-state index contributed by atoms with van der Waals surface area (Å²) < 4.78 is 0. The van der Waals surface area contributed by atoms with Crippen LogP contribution in [0.1, 0.15) is 17.5 Å². The van der Waals surface area contributed by atoms with Crippen LogP contribution in [0.4, 0.5) is 5.69 Å². The molecule has 2 aromatic rings. The van der Waals surface area contributed by atoms with Crippen LogP contribution in [0.5, 0.6) is 0 Å². The molecule has 2 aromatic carbocycles. The smallest absolute Gasteiger partial charge is 0.239 e. The molecular weight excluding hydrogens is 286 g/mol. The van der Waals surface area contributed by atoms with Gasteiger partial charge in [0.2, 0.25) is 5.91 Å². The van der Waals surface area contributed by atoms with E-state index in [0.717, 1.165) is 16.8 Å². The molecule has 4 nitrogen and oxygen atoms in total. The third-order valence-electron chi connectivity index (χ3n) is 3.48. The number of amides is 1. The van der Waals surface area contributed by atoms with Crippen molar-refractivity contribution in [2.75, 3.05) is 18.0 Å². The molecule has 1 N–H and O–H groups in total. The Morgan fingerprint density at radius 2 is 1.96 bits per heavy atom. The summed E-state index contributed by atoms with van der Waals surface area (Å²) in [5.74, 6) is -0.0716. The van der Waals surface area contributed by atoms with Crippen LogP contribution < -0.4 is 10.2 Å². The molecule has 0 aliphatic rings. The minimum Gasteiger partial charge on any atom is -0.358 e. The van der Waals surface area contributed by atoms with Gasteiger partial charge < -0.3 is 10.2 Å². The lowest BCUT2D eigenvalue weighted by Gasteiger charge is -2.25. The van der Waals surface area contributed by atoms with Gasteiger partial charge in [-0.2, -0.15) is 5.26 Å². The summed E-state index contributed by atoms with van der Waals surface area (Å²) in [6.07, 6.45) is 0.328. The summed E-state index contributed by atoms with van der Waals surface area (Å²) in [6, 6.07) is 20.2. The third kappa shape index (κ3) is 5.48. The van der Waals surface area contributed by atoms with E-state index in [-0.39, 0.29) is 12.5 Å². The number of nitriles is 1. The number of nitrogens with one attached hydrogen (secondary N) is 1. The minimum absolute atomic E-state index is 0.0716. The van der Waals surface area contributed by atoms with Gasteiger partial charge in [-0.05, 0) is 30.2 Å². The first-order valence-corrected chi connectivity index (χ1v) is 7.68. The van der Waals surface area contributed by atoms with E-state index in [9.17, 15) is 4.79 Å². The molecule has 0 saturated carbocycles. The molecule has 0 bridgehead atoms. The zero-order valence-electron chi connectivity index (χ0n) is 13.3. The number of hydrogen-bond donors (Lipinski definition) is 1. The van der Waals surface area contributed by atoms with Gasteiger partial charge >= 0.3 is 0 Å². The molecule has 0 aliphatic carbocycles. The highest BCUT2D eigenvalue weighted by Crippen LogP contribution is 2.18. The fourth-order valence-electron chi connectivity index (χ4n) is 2.35. The van der Waals surface area contributed by atoms with E-state index in [1.54, 1.807) is 0 Å². The first kappa shape index (κ1) is 16.6. The molecule has 0 spiro atoms. The summed E-state index contributed by atoms with van der Waals surface area (Å²) in [6.45, 7) is 3.36. The highest BCUT2D eigenvalue weighted by atomic mass is 16.2. The molecule has 0 atom stereocenters. The van der Waals surface area contributed by atoms with Crippen LogP contribution in [0.15, 0.2) is 54.6 Å². The number of aryl methyl sites for hydroxylation is 1. The lowest BCUT2D eigenvalue weighted by atomic mass is 10.1. The Morgan fingerprint density at radius 1 is 1.17 bits per heavy atom. The van der Waals surface area contributed by atoms with Gasteiger partial charge in [-0.3, -0.25) is 4.79 Å². The fourth-order valence-corrected chi connectivity index (χ4v) is 2.35. The topological polar surface area (TPSA) is 56.1 Å². The number of hydrogen-bond acceptors (Lipinski definition) is 3. The first-order chi connectivity index (χ1) is 11.2. The standard InChI is InChI=1S/C19H21N3O/c1-16-7-5-10-18(13-16)22(14-17-8-3-2-4-9-17)15-19(23)21-12-6-11-20/h2-5,7-10,13H,6,12,14-15H2,1H3,(H,21,23). The summed E-state index contributed by atoms with van der Waals surface area (Å²) in [7, 11) is 0. The van der Waals surface area contributed by atoms with Gasteiger partial charge in [0.25, 0.3) is 0 Å². The molecular formula is C19H21N3O. The van der Waals surface area contributed by atoms with E-state index < -0.39 is 0 Å². The first-order valence-electron chi connectivity index (χ1n) is 7.68. The van der Waals surface area contributed by atoms with Gasteiger partial charge in [-0.25, -0.2) is 0 Å². The van der Waals surface area contributed by atoms with Crippen molar-refractivity contribution in [1.82, 2.24) is 5.32 Å². The highest BCUT2D eigenvalue weighted by molar-refractivity contribution is 5.81. The van der Waals surface area contributed by atoms with Crippen molar-refractivity contribution in [2.24, 2.45) is 0 Å². The average Bonchev–Trinajstić information content (AvgIpc) is 2.55. The molecule has 0 aromatic heterocycles. The van der Waals surface area contributed by atoms with Crippen LogP contribution in [0.2, 0.25) is 0 Å². The molecule has 0 fully saturated rings. The summed E-state index contributed by atoms with van der Waals surface area (Å²) in [5, 5.41) is 11.3. The van der Waals surface area contributed by atoms with Crippen LogP contribution in [-0.2, 0) is 11.3 Å². The van der Waals surface area contributed by atoms with Crippen LogP contribution in [-0.4, -0.2) is 19.0 Å². The molecule has 0 radical (unpaired) electrons. The number of carbonyl (C=O) groups is 1. The van der Waals surface area contributed by atoms with Crippen LogP contribution in [0.25, 0.3) is 0 Å². The Kier molecular flexibility index (Phi) is 6.19. The third-order valence-corrected chi connectivity index (χ3v) is 3.48. The zero-order valence-corrected chi connectivity index (χ0v) is 13.3. The SMILES string of the molecule is Cc1cccc(N(CC(=O)NCCC#N)Cc2ccccc2)c1. The van der Waals surface area contributed by atoms with Gasteiger partial charge in [-0.15, -0.1) is 0 Å². The summed E-state index contributed by atoms with van der Waals surface area (Å²) in [5.41, 5.74) is 3.33. The number of benzene rings is 2. The number of rotatable bonds is 7. The highest BCUT2D eigenvalue weighted by Gasteiger charge is 2.12. The lowest BCUT2D eigenvalue weighted by Crippen LogP contribution is -2.37. The van der Waals surface area contributed by atoms with Crippen molar-refractivity contribution in [2.45, 2.75) is 19.9 Å². The Labute approximate surface area is 137 Å². The molecule has 4 heteroatoms. The van der Waals surface area contributed by atoms with E-state index in [1.165, 1.54) is 0 Å². The molecule has 1 amide bonds. The minimum atomic E-state index is -0.0716. The van der Waals surface area contributed by atoms with E-state index in [0.29, 0.717) is 19.5 Å². The van der Waals surface area contributed by atoms with Gasteiger partial charge in [0.05, 0.1) is 19.0 Å². The largest absolute Gasteiger partial charge is 0.358 e. The Morgan fingerprint density at radius 3 is 2.65 bits per heavy atom. The Balaban J connectivity index is 2.11.